The smallest absolute Gasteiger partial charge is 0.341 e. The van der Waals surface area contributed by atoms with E-state index in [1.807, 2.05) is 0 Å². The summed E-state index contributed by atoms with van der Waals surface area (Å²) in [6.45, 7) is 4.32. The number of carbonyl (C=O) groups excluding carboxylic acids is 2. The Kier molecular flexibility index (Phi) is 6.03. The van der Waals surface area contributed by atoms with E-state index >= 15 is 0 Å². The molecule has 1 atom stereocenters. The number of nitrogens with one attached hydrogen (secondary N) is 1. The zero-order chi connectivity index (χ0) is 18.1. The number of rotatable bonds is 4. The first-order valence-corrected chi connectivity index (χ1v) is 11.2. The van der Waals surface area contributed by atoms with Gasteiger partial charge < -0.3 is 10.1 Å². The van der Waals surface area contributed by atoms with Gasteiger partial charge in [-0.3, -0.25) is 4.79 Å². The van der Waals surface area contributed by atoms with Crippen LogP contribution in [-0.2, 0) is 17.6 Å². The van der Waals surface area contributed by atoms with Gasteiger partial charge in [-0.2, -0.15) is 0 Å². The van der Waals surface area contributed by atoms with Gasteiger partial charge in [-0.05, 0) is 75.6 Å². The minimum atomic E-state index is -0.349. The van der Waals surface area contributed by atoms with Crippen LogP contribution >= 0.6 is 54.5 Å². The molecule has 1 unspecified atom stereocenters. The molecule has 1 amide bonds. The van der Waals surface area contributed by atoms with Crippen LogP contribution in [0.5, 0.6) is 0 Å². The van der Waals surface area contributed by atoms with E-state index in [-0.39, 0.29) is 11.9 Å². The first-order chi connectivity index (χ1) is 11.9. The van der Waals surface area contributed by atoms with E-state index in [4.69, 9.17) is 4.74 Å². The summed E-state index contributed by atoms with van der Waals surface area (Å²) >= 11 is 9.64. The second-order valence-electron chi connectivity index (χ2n) is 5.96. The van der Waals surface area contributed by atoms with E-state index in [1.165, 1.54) is 27.6 Å². The van der Waals surface area contributed by atoms with Gasteiger partial charge in [0.15, 0.2) is 0 Å². The lowest BCUT2D eigenvalue weighted by Crippen LogP contribution is -2.16. The lowest BCUT2D eigenvalue weighted by Gasteiger charge is -2.18. The Hall–Kier alpha value is -0.700. The fourth-order valence-corrected chi connectivity index (χ4v) is 6.21. The highest BCUT2D eigenvalue weighted by Crippen LogP contribution is 2.41. The van der Waals surface area contributed by atoms with Crippen LogP contribution in [-0.4, -0.2) is 18.5 Å². The van der Waals surface area contributed by atoms with Crippen molar-refractivity contribution in [3.8, 4) is 0 Å². The summed E-state index contributed by atoms with van der Waals surface area (Å²) in [5.74, 6) is 0.0286. The van der Waals surface area contributed by atoms with Crippen molar-refractivity contribution in [3.05, 3.63) is 35.2 Å². The molecule has 2 heterocycles. The minimum Gasteiger partial charge on any atom is -0.462 e. The van der Waals surface area contributed by atoms with Gasteiger partial charge in [0.05, 0.1) is 20.8 Å². The average molecular weight is 507 g/mol. The monoisotopic (exact) mass is 505 g/mol. The minimum absolute atomic E-state index is 0.214. The van der Waals surface area contributed by atoms with Gasteiger partial charge in [-0.1, -0.05) is 6.92 Å². The highest BCUT2D eigenvalue weighted by Gasteiger charge is 2.29. The van der Waals surface area contributed by atoms with Crippen LogP contribution in [0, 0.1) is 5.92 Å². The molecule has 0 spiro atoms. The molecule has 4 nitrogen and oxygen atoms in total. The van der Waals surface area contributed by atoms with Crippen LogP contribution < -0.4 is 5.32 Å². The molecule has 25 heavy (non-hydrogen) atoms. The van der Waals surface area contributed by atoms with Crippen molar-refractivity contribution in [1.29, 1.82) is 0 Å². The van der Waals surface area contributed by atoms with Crippen LogP contribution in [0.25, 0.3) is 0 Å². The Balaban J connectivity index is 1.94. The summed E-state index contributed by atoms with van der Waals surface area (Å²) in [4.78, 5) is 26.8. The quantitative estimate of drug-likeness (QED) is 0.526. The number of esters is 1. The highest BCUT2D eigenvalue weighted by atomic mass is 79.9. The third-order valence-electron chi connectivity index (χ3n) is 4.09. The Bertz CT molecular complexity index is 809. The zero-order valence-corrected chi connectivity index (χ0v) is 18.6. The molecule has 1 N–H and O–H groups in total. The predicted octanol–water partition coefficient (Wildman–Crippen LogP) is 5.89. The van der Waals surface area contributed by atoms with Crippen LogP contribution in [0.15, 0.2) is 14.3 Å². The largest absolute Gasteiger partial charge is 0.462 e. The Labute approximate surface area is 171 Å². The van der Waals surface area contributed by atoms with Gasteiger partial charge in [0.1, 0.15) is 5.00 Å². The molecular formula is C17H17Br2NO3S2. The van der Waals surface area contributed by atoms with Crippen molar-refractivity contribution in [1.82, 2.24) is 0 Å². The van der Waals surface area contributed by atoms with Gasteiger partial charge in [0, 0.05) is 9.35 Å². The molecule has 3 rings (SSSR count). The molecule has 0 saturated heterocycles. The topological polar surface area (TPSA) is 55.4 Å². The summed E-state index contributed by atoms with van der Waals surface area (Å²) in [6.07, 6.45) is 2.85. The predicted molar refractivity (Wildman–Crippen MR) is 109 cm³/mol. The highest BCUT2D eigenvalue weighted by molar-refractivity contribution is 9.13. The number of thiophene rings is 2. The van der Waals surface area contributed by atoms with E-state index in [0.717, 1.165) is 33.1 Å². The Morgan fingerprint density at radius 1 is 1.36 bits per heavy atom. The van der Waals surface area contributed by atoms with Gasteiger partial charge >= 0.3 is 5.97 Å². The van der Waals surface area contributed by atoms with Crippen LogP contribution in [0.2, 0.25) is 0 Å². The maximum atomic E-state index is 12.6. The summed E-state index contributed by atoms with van der Waals surface area (Å²) < 4.78 is 6.94. The van der Waals surface area contributed by atoms with Gasteiger partial charge in [-0.15, -0.1) is 22.7 Å². The number of ether oxygens (including phenoxy) is 1. The van der Waals surface area contributed by atoms with Crippen molar-refractivity contribution in [2.75, 3.05) is 11.9 Å². The molecule has 0 radical (unpaired) electrons. The van der Waals surface area contributed by atoms with E-state index in [0.29, 0.717) is 28.0 Å². The van der Waals surface area contributed by atoms with Gasteiger partial charge in [0.2, 0.25) is 0 Å². The Morgan fingerprint density at radius 2 is 2.12 bits per heavy atom. The molecule has 0 saturated carbocycles. The number of hydrogen-bond acceptors (Lipinski definition) is 5. The maximum Gasteiger partial charge on any atom is 0.341 e. The summed E-state index contributed by atoms with van der Waals surface area (Å²) in [5, 5.41) is 3.53. The SMILES string of the molecule is CCOC(=O)c1c(NC(=O)c2cc(Br)c(Br)s2)sc2c1CCC(C)C2. The van der Waals surface area contributed by atoms with Gasteiger partial charge in [0.25, 0.3) is 5.91 Å². The van der Waals surface area contributed by atoms with E-state index in [1.54, 1.807) is 13.0 Å². The fourth-order valence-electron chi connectivity index (χ4n) is 2.88. The third-order valence-corrected chi connectivity index (χ3v) is 8.51. The summed E-state index contributed by atoms with van der Waals surface area (Å²) in [7, 11) is 0. The number of halogens is 2. The van der Waals surface area contributed by atoms with E-state index in [9.17, 15) is 9.59 Å². The van der Waals surface area contributed by atoms with Crippen molar-refractivity contribution in [2.45, 2.75) is 33.1 Å². The van der Waals surface area contributed by atoms with Crippen molar-refractivity contribution >= 4 is 71.4 Å². The molecule has 0 aromatic carbocycles. The first-order valence-electron chi connectivity index (χ1n) is 7.98. The van der Waals surface area contributed by atoms with Crippen molar-refractivity contribution < 1.29 is 14.3 Å². The average Bonchev–Trinajstić information content (AvgIpc) is 3.07. The third kappa shape index (κ3) is 4.02. The van der Waals surface area contributed by atoms with Crippen LogP contribution in [0.4, 0.5) is 5.00 Å². The molecule has 0 bridgehead atoms. The molecule has 2 aromatic heterocycles. The summed E-state index contributed by atoms with van der Waals surface area (Å²) in [6, 6.07) is 1.77. The number of amides is 1. The molecule has 8 heteroatoms. The normalized spacial score (nSPS) is 16.4. The second-order valence-corrected chi connectivity index (χ2v) is 10.3. The van der Waals surface area contributed by atoms with Crippen molar-refractivity contribution in [2.24, 2.45) is 5.92 Å². The number of hydrogen-bond donors (Lipinski definition) is 1. The Morgan fingerprint density at radius 3 is 2.76 bits per heavy atom. The summed E-state index contributed by atoms with van der Waals surface area (Å²) in [5.41, 5.74) is 1.59. The molecule has 0 fully saturated rings. The lowest BCUT2D eigenvalue weighted by atomic mass is 9.88. The molecule has 0 aliphatic heterocycles. The van der Waals surface area contributed by atoms with Crippen molar-refractivity contribution in [3.63, 3.8) is 0 Å². The van der Waals surface area contributed by atoms with Gasteiger partial charge in [-0.25, -0.2) is 4.79 Å². The molecule has 134 valence electrons. The first kappa shape index (κ1) is 19.1. The number of anilines is 1. The lowest BCUT2D eigenvalue weighted by molar-refractivity contribution is 0.0526. The molecule has 1 aliphatic carbocycles. The van der Waals surface area contributed by atoms with Crippen LogP contribution in [0.3, 0.4) is 0 Å². The van der Waals surface area contributed by atoms with E-state index < -0.39 is 0 Å². The standard InChI is InChI=1S/C17H17Br2NO3S2/c1-3-23-17(22)13-9-5-4-8(2)6-11(9)25-16(13)20-15(21)12-7-10(18)14(19)24-12/h7-8H,3-6H2,1-2H3,(H,20,21). The molecular weight excluding hydrogens is 490 g/mol. The van der Waals surface area contributed by atoms with Crippen LogP contribution in [0.1, 0.15) is 50.7 Å². The second kappa shape index (κ2) is 7.90. The number of fused-ring (bicyclic) bond motifs is 1. The maximum absolute atomic E-state index is 12.6. The molecule has 2 aromatic rings. The molecule has 1 aliphatic rings. The number of carbonyl (C=O) groups is 2. The zero-order valence-electron chi connectivity index (χ0n) is 13.8. The van der Waals surface area contributed by atoms with E-state index in [2.05, 4.69) is 44.1 Å². The fraction of sp³-hybridized carbons (Fsp3) is 0.412.